The summed E-state index contributed by atoms with van der Waals surface area (Å²) in [6, 6.07) is 18.3. The standard InChI is InChI=1S/C35H39N5O5/c36-15-3-1-2-4-16-39-21-26-9-11-28(17-27(26)19-33(39)42)37-34(43)24-7-5-23(6-8-24)20-40(29-12-13-29)35(44)25-10-14-30-31(18-25)45-22-32(41)38-30/h5-11,14,17-18,29H,1-4,12-13,15-16,19-22,36H2,(H,37,43)(H,38,41). The third kappa shape index (κ3) is 7.34. The van der Waals surface area contributed by atoms with E-state index in [4.69, 9.17) is 10.5 Å². The van der Waals surface area contributed by atoms with E-state index in [2.05, 4.69) is 10.6 Å². The van der Waals surface area contributed by atoms with Crippen LogP contribution in [0.5, 0.6) is 5.75 Å². The highest BCUT2D eigenvalue weighted by Gasteiger charge is 2.33. The van der Waals surface area contributed by atoms with Gasteiger partial charge in [0.05, 0.1) is 12.1 Å². The molecule has 4 amide bonds. The third-order valence-corrected chi connectivity index (χ3v) is 8.58. The number of hydrogen-bond acceptors (Lipinski definition) is 6. The summed E-state index contributed by atoms with van der Waals surface area (Å²) in [6.07, 6.45) is 6.40. The Kier molecular flexibility index (Phi) is 9.11. The number of carbonyl (C=O) groups is 4. The summed E-state index contributed by atoms with van der Waals surface area (Å²) >= 11 is 0. The van der Waals surface area contributed by atoms with Crippen molar-refractivity contribution in [1.82, 2.24) is 9.80 Å². The molecule has 0 spiro atoms. The summed E-state index contributed by atoms with van der Waals surface area (Å²) in [4.78, 5) is 54.7. The quantitative estimate of drug-likeness (QED) is 0.259. The molecular formula is C35H39N5O5. The molecule has 45 heavy (non-hydrogen) atoms. The summed E-state index contributed by atoms with van der Waals surface area (Å²) in [5.41, 5.74) is 10.8. The highest BCUT2D eigenvalue weighted by molar-refractivity contribution is 6.04. The molecule has 4 N–H and O–H groups in total. The zero-order valence-corrected chi connectivity index (χ0v) is 25.3. The van der Waals surface area contributed by atoms with Gasteiger partial charge in [-0.05, 0) is 91.4 Å². The van der Waals surface area contributed by atoms with Crippen molar-refractivity contribution >= 4 is 35.0 Å². The van der Waals surface area contributed by atoms with Crippen LogP contribution < -0.4 is 21.1 Å². The van der Waals surface area contributed by atoms with Gasteiger partial charge in [-0.1, -0.05) is 31.0 Å². The fraction of sp³-hybridized carbons (Fsp3) is 0.371. The monoisotopic (exact) mass is 609 g/mol. The number of ether oxygens (including phenoxy) is 1. The number of unbranched alkanes of at least 4 members (excludes halogenated alkanes) is 3. The lowest BCUT2D eigenvalue weighted by atomic mass is 9.98. The Hall–Kier alpha value is -4.70. The minimum Gasteiger partial charge on any atom is -0.482 e. The van der Waals surface area contributed by atoms with Crippen LogP contribution in [0, 0.1) is 0 Å². The van der Waals surface area contributed by atoms with Crippen LogP contribution in [-0.2, 0) is 29.1 Å². The Morgan fingerprint density at radius 1 is 0.933 bits per heavy atom. The van der Waals surface area contributed by atoms with E-state index in [-0.39, 0.29) is 36.3 Å². The molecule has 0 unspecified atom stereocenters. The minimum atomic E-state index is -0.237. The van der Waals surface area contributed by atoms with Crippen LogP contribution in [0.3, 0.4) is 0 Å². The molecule has 2 aliphatic heterocycles. The van der Waals surface area contributed by atoms with E-state index in [0.29, 0.717) is 54.3 Å². The highest BCUT2D eigenvalue weighted by Crippen LogP contribution is 2.33. The number of fused-ring (bicyclic) bond motifs is 2. The summed E-state index contributed by atoms with van der Waals surface area (Å²) in [6.45, 7) is 2.41. The van der Waals surface area contributed by atoms with Gasteiger partial charge >= 0.3 is 0 Å². The largest absolute Gasteiger partial charge is 0.482 e. The van der Waals surface area contributed by atoms with Crippen molar-refractivity contribution in [1.29, 1.82) is 0 Å². The van der Waals surface area contributed by atoms with Gasteiger partial charge in [0.1, 0.15) is 5.75 Å². The van der Waals surface area contributed by atoms with Crippen LogP contribution in [0.1, 0.15) is 75.9 Å². The van der Waals surface area contributed by atoms with Crippen LogP contribution in [0.2, 0.25) is 0 Å². The molecule has 234 valence electrons. The van der Waals surface area contributed by atoms with E-state index in [1.54, 1.807) is 30.3 Å². The maximum Gasteiger partial charge on any atom is 0.262 e. The molecule has 6 rings (SSSR count). The first-order valence-corrected chi connectivity index (χ1v) is 15.8. The van der Waals surface area contributed by atoms with Gasteiger partial charge < -0.3 is 30.9 Å². The van der Waals surface area contributed by atoms with Crippen molar-refractivity contribution in [2.24, 2.45) is 5.73 Å². The van der Waals surface area contributed by atoms with Crippen molar-refractivity contribution in [3.05, 3.63) is 88.5 Å². The van der Waals surface area contributed by atoms with Gasteiger partial charge in [-0.3, -0.25) is 19.2 Å². The van der Waals surface area contributed by atoms with Crippen molar-refractivity contribution in [2.75, 3.05) is 30.3 Å². The van der Waals surface area contributed by atoms with Crippen LogP contribution >= 0.6 is 0 Å². The molecule has 2 heterocycles. The molecule has 0 saturated heterocycles. The van der Waals surface area contributed by atoms with Crippen LogP contribution in [0.4, 0.5) is 11.4 Å². The second-order valence-electron chi connectivity index (χ2n) is 12.0. The number of anilines is 2. The SMILES string of the molecule is NCCCCCCN1Cc2ccc(NC(=O)c3ccc(CN(C(=O)c4ccc5c(c4)OCC(=O)N5)C4CC4)cc3)cc2CC1=O. The number of carbonyl (C=O) groups excluding carboxylic acids is 4. The van der Waals surface area contributed by atoms with Gasteiger partial charge in [-0.15, -0.1) is 0 Å². The molecule has 0 bridgehead atoms. The second-order valence-corrected chi connectivity index (χ2v) is 12.0. The molecule has 10 nitrogen and oxygen atoms in total. The fourth-order valence-electron chi connectivity index (χ4n) is 5.88. The topological polar surface area (TPSA) is 134 Å². The number of amides is 4. The van der Waals surface area contributed by atoms with E-state index in [9.17, 15) is 19.2 Å². The number of rotatable bonds is 12. The van der Waals surface area contributed by atoms with Crippen molar-refractivity contribution in [2.45, 2.75) is 64.1 Å². The number of nitrogens with one attached hydrogen (secondary N) is 2. The normalized spacial score (nSPS) is 15.4. The van der Waals surface area contributed by atoms with E-state index in [1.165, 1.54) is 0 Å². The lowest BCUT2D eigenvalue weighted by Gasteiger charge is -2.29. The van der Waals surface area contributed by atoms with Crippen molar-refractivity contribution < 1.29 is 23.9 Å². The van der Waals surface area contributed by atoms with E-state index < -0.39 is 0 Å². The molecule has 1 saturated carbocycles. The lowest BCUT2D eigenvalue weighted by Crippen LogP contribution is -2.36. The van der Waals surface area contributed by atoms with E-state index in [0.717, 1.165) is 61.8 Å². The first-order valence-electron chi connectivity index (χ1n) is 15.8. The molecule has 3 aromatic rings. The van der Waals surface area contributed by atoms with Crippen LogP contribution in [0.25, 0.3) is 0 Å². The second kappa shape index (κ2) is 13.5. The smallest absolute Gasteiger partial charge is 0.262 e. The van der Waals surface area contributed by atoms with E-state index in [1.807, 2.05) is 40.1 Å². The molecular weight excluding hydrogens is 570 g/mol. The predicted molar refractivity (Wildman–Crippen MR) is 171 cm³/mol. The maximum absolute atomic E-state index is 13.5. The number of benzene rings is 3. The first-order chi connectivity index (χ1) is 21.9. The molecule has 3 aromatic carbocycles. The summed E-state index contributed by atoms with van der Waals surface area (Å²) in [5, 5.41) is 5.72. The van der Waals surface area contributed by atoms with Gasteiger partial charge in [0.15, 0.2) is 6.61 Å². The van der Waals surface area contributed by atoms with Gasteiger partial charge in [-0.2, -0.15) is 0 Å². The van der Waals surface area contributed by atoms with Crippen LogP contribution in [-0.4, -0.2) is 59.2 Å². The summed E-state index contributed by atoms with van der Waals surface area (Å²) in [5.74, 6) is 0.0550. The zero-order chi connectivity index (χ0) is 31.3. The lowest BCUT2D eigenvalue weighted by molar-refractivity contribution is -0.132. The van der Waals surface area contributed by atoms with Gasteiger partial charge in [-0.25, -0.2) is 0 Å². The Morgan fingerprint density at radius 3 is 2.49 bits per heavy atom. The maximum atomic E-state index is 13.5. The molecule has 3 aliphatic rings. The summed E-state index contributed by atoms with van der Waals surface area (Å²) in [7, 11) is 0. The Labute approximate surface area is 262 Å². The Bertz CT molecular complexity index is 1600. The third-order valence-electron chi connectivity index (χ3n) is 8.58. The van der Waals surface area contributed by atoms with Crippen LogP contribution in [0.15, 0.2) is 60.7 Å². The number of nitrogens with two attached hydrogens (primary N) is 1. The van der Waals surface area contributed by atoms with Gasteiger partial charge in [0, 0.05) is 42.5 Å². The molecule has 1 aliphatic carbocycles. The average Bonchev–Trinajstić information content (AvgIpc) is 3.89. The molecule has 0 aromatic heterocycles. The molecule has 0 atom stereocenters. The van der Waals surface area contributed by atoms with Crippen molar-refractivity contribution in [3.8, 4) is 5.75 Å². The first kappa shape index (κ1) is 30.3. The average molecular weight is 610 g/mol. The molecule has 1 fully saturated rings. The molecule has 10 heteroatoms. The predicted octanol–water partition coefficient (Wildman–Crippen LogP) is 4.48. The number of nitrogens with zero attached hydrogens (tertiary/aromatic N) is 2. The van der Waals surface area contributed by atoms with Crippen molar-refractivity contribution in [3.63, 3.8) is 0 Å². The van der Waals surface area contributed by atoms with Gasteiger partial charge in [0.2, 0.25) is 5.91 Å². The minimum absolute atomic E-state index is 0.0711. The summed E-state index contributed by atoms with van der Waals surface area (Å²) < 4.78 is 5.50. The number of hydrogen-bond donors (Lipinski definition) is 3. The van der Waals surface area contributed by atoms with Gasteiger partial charge in [0.25, 0.3) is 17.7 Å². The Morgan fingerprint density at radius 2 is 1.71 bits per heavy atom. The molecule has 0 radical (unpaired) electrons. The Balaban J connectivity index is 1.05. The highest BCUT2D eigenvalue weighted by atomic mass is 16.5. The van der Waals surface area contributed by atoms with E-state index >= 15 is 0 Å². The zero-order valence-electron chi connectivity index (χ0n) is 25.3. The fourth-order valence-corrected chi connectivity index (χ4v) is 5.88.